The minimum atomic E-state index is -0.927. The van der Waals surface area contributed by atoms with Crippen molar-refractivity contribution < 1.29 is 18.8 Å². The van der Waals surface area contributed by atoms with Crippen LogP contribution in [0.15, 0.2) is 11.0 Å². The second-order valence-corrected chi connectivity index (χ2v) is 5.55. The maximum Gasteiger partial charge on any atom is 0.351 e. The molecule has 0 spiro atoms. The number of aromatic nitrogens is 2. The van der Waals surface area contributed by atoms with Gasteiger partial charge in [0, 0.05) is 18.2 Å². The Kier molecular flexibility index (Phi) is 3.70. The number of anilines is 1. The average Bonchev–Trinajstić information content (AvgIpc) is 2.65. The number of thiol groups is 1. The maximum atomic E-state index is 12.1. The lowest BCUT2D eigenvalue weighted by molar-refractivity contribution is -0.131. The summed E-state index contributed by atoms with van der Waals surface area (Å²) in [6, 6.07) is 0. The molecule has 2 fully saturated rings. The van der Waals surface area contributed by atoms with Gasteiger partial charge in [-0.2, -0.15) is 4.98 Å². The minimum Gasteiger partial charge on any atom is -0.393 e. The highest BCUT2D eigenvalue weighted by molar-refractivity contribution is 7.75. The largest absolute Gasteiger partial charge is 0.393 e. The van der Waals surface area contributed by atoms with Crippen molar-refractivity contribution >= 4 is 18.7 Å². The van der Waals surface area contributed by atoms with Crippen molar-refractivity contribution in [1.82, 2.24) is 9.55 Å². The molecule has 0 amide bonds. The second kappa shape index (κ2) is 5.25. The van der Waals surface area contributed by atoms with E-state index in [1.807, 2.05) is 0 Å². The number of aliphatic hydroxyl groups excluding tert-OH is 1. The zero-order chi connectivity index (χ0) is 15.2. The van der Waals surface area contributed by atoms with Crippen molar-refractivity contribution in [1.29, 1.82) is 0 Å². The fourth-order valence-electron chi connectivity index (χ4n) is 2.90. The topological polar surface area (TPSA) is 109 Å². The van der Waals surface area contributed by atoms with Crippen LogP contribution in [0.3, 0.4) is 0 Å². The van der Waals surface area contributed by atoms with Gasteiger partial charge in [0.05, 0.1) is 13.2 Å². The molecule has 2 aliphatic rings. The number of aliphatic hydroxyl groups is 1. The molecule has 0 saturated carbocycles. The predicted octanol–water partition coefficient (Wildman–Crippen LogP) is -0.587. The van der Waals surface area contributed by atoms with Gasteiger partial charge in [0.1, 0.15) is 23.6 Å². The Hall–Kier alpha value is -1.13. The lowest BCUT2D eigenvalue weighted by atomic mass is 9.90. The number of rotatable bonds is 3. The van der Waals surface area contributed by atoms with E-state index < -0.39 is 29.7 Å². The molecular formula is C12H17N3O5S. The molecular weight excluding hydrogens is 298 g/mol. The molecule has 2 unspecified atom stereocenters. The molecule has 3 N–H and O–H groups in total. The van der Waals surface area contributed by atoms with Crippen LogP contribution in [0.1, 0.15) is 18.2 Å². The van der Waals surface area contributed by atoms with Crippen molar-refractivity contribution in [2.45, 2.75) is 37.4 Å². The van der Waals surface area contributed by atoms with Crippen molar-refractivity contribution in [3.8, 4) is 0 Å². The van der Waals surface area contributed by atoms with Crippen molar-refractivity contribution in [2.24, 2.45) is 0 Å². The molecule has 4 atom stereocenters. The number of ether oxygens (including phenoxy) is 2. The number of nitrogen functional groups attached to an aromatic ring is 1. The molecule has 1 aromatic heterocycles. The van der Waals surface area contributed by atoms with E-state index in [-0.39, 0.29) is 12.4 Å². The average molecular weight is 315 g/mol. The zero-order valence-corrected chi connectivity index (χ0v) is 12.3. The first-order valence-electron chi connectivity index (χ1n) is 6.58. The molecule has 3 rings (SSSR count). The number of hydrogen-bond acceptors (Lipinski definition) is 8. The molecule has 116 valence electrons. The molecule has 2 bridgehead atoms. The normalized spacial score (nSPS) is 35.1. The minimum absolute atomic E-state index is 0.178. The van der Waals surface area contributed by atoms with E-state index in [1.165, 1.54) is 4.57 Å². The lowest BCUT2D eigenvalue weighted by Crippen LogP contribution is -2.51. The van der Waals surface area contributed by atoms with E-state index in [4.69, 9.17) is 19.4 Å². The van der Waals surface area contributed by atoms with Gasteiger partial charge >= 0.3 is 5.69 Å². The van der Waals surface area contributed by atoms with Crippen molar-refractivity contribution in [2.75, 3.05) is 18.9 Å². The molecule has 9 heteroatoms. The van der Waals surface area contributed by atoms with Gasteiger partial charge < -0.3 is 24.5 Å². The summed E-state index contributed by atoms with van der Waals surface area (Å²) in [6.45, 7) is 1.91. The summed E-state index contributed by atoms with van der Waals surface area (Å²) in [5.41, 5.74) is 4.82. The van der Waals surface area contributed by atoms with E-state index in [9.17, 15) is 9.90 Å². The smallest absolute Gasteiger partial charge is 0.351 e. The zero-order valence-electron chi connectivity index (χ0n) is 11.4. The Morgan fingerprint density at radius 3 is 3.10 bits per heavy atom. The van der Waals surface area contributed by atoms with Gasteiger partial charge in [-0.05, 0) is 19.8 Å². The van der Waals surface area contributed by atoms with E-state index >= 15 is 0 Å². The van der Waals surface area contributed by atoms with E-state index in [2.05, 4.69) is 17.9 Å². The van der Waals surface area contributed by atoms with Gasteiger partial charge in [0.2, 0.25) is 0 Å². The predicted molar refractivity (Wildman–Crippen MR) is 75.8 cm³/mol. The Balaban J connectivity index is 2.05. The summed E-state index contributed by atoms with van der Waals surface area (Å²) in [4.78, 5) is 15.8. The number of nitrogens with two attached hydrogens (primary N) is 1. The summed E-state index contributed by atoms with van der Waals surface area (Å²) in [5, 5.41) is 9.68. The van der Waals surface area contributed by atoms with Crippen LogP contribution in [0, 0.1) is 6.92 Å². The van der Waals surface area contributed by atoms with Crippen LogP contribution in [-0.2, 0) is 13.7 Å². The first-order chi connectivity index (χ1) is 10.0. The van der Waals surface area contributed by atoms with Gasteiger partial charge in [-0.25, -0.2) is 4.79 Å². The standard InChI is InChI=1S/C12H17N3O5S/c1-6-4-15(11(17)14-9(6)13)10-7-8(20-21)12(5-16,19-10)2-3-18-7/h4,7-8,10,16,21H,2-3,5H2,1H3,(H2,13,14,17)/t7?,8?,10-,12-/m1/s1. The van der Waals surface area contributed by atoms with Crippen LogP contribution in [0.2, 0.25) is 0 Å². The van der Waals surface area contributed by atoms with Crippen LogP contribution in [0.4, 0.5) is 5.82 Å². The third-order valence-electron chi connectivity index (χ3n) is 4.12. The van der Waals surface area contributed by atoms with Crippen LogP contribution in [0.5, 0.6) is 0 Å². The SMILES string of the molecule is Cc1cn([C@@H]2O[C@@]3(CO)CCOC2C3OS)c(=O)nc1N. The lowest BCUT2D eigenvalue weighted by Gasteiger charge is -2.35. The first-order valence-corrected chi connectivity index (χ1v) is 6.94. The van der Waals surface area contributed by atoms with Gasteiger partial charge in [0.25, 0.3) is 0 Å². The second-order valence-electron chi connectivity index (χ2n) is 5.34. The summed E-state index contributed by atoms with van der Waals surface area (Å²) in [6.07, 6.45) is 0.161. The quantitative estimate of drug-likeness (QED) is 0.505. The monoisotopic (exact) mass is 315 g/mol. The Morgan fingerprint density at radius 2 is 2.48 bits per heavy atom. The van der Waals surface area contributed by atoms with Crippen LogP contribution >= 0.6 is 12.9 Å². The number of fused-ring (bicyclic) bond motifs is 2. The highest BCUT2D eigenvalue weighted by Gasteiger charge is 2.59. The molecule has 1 aromatic rings. The Labute approximate surface area is 126 Å². The summed E-state index contributed by atoms with van der Waals surface area (Å²) >= 11 is 3.85. The van der Waals surface area contributed by atoms with Gasteiger partial charge in [-0.1, -0.05) is 0 Å². The summed E-state index contributed by atoms with van der Waals surface area (Å²) < 4.78 is 18.0. The van der Waals surface area contributed by atoms with Crippen LogP contribution in [-0.4, -0.2) is 45.7 Å². The summed E-state index contributed by atoms with van der Waals surface area (Å²) in [5.74, 6) is 0.178. The van der Waals surface area contributed by atoms with Crippen LogP contribution < -0.4 is 11.4 Å². The third kappa shape index (κ3) is 2.16. The van der Waals surface area contributed by atoms with Gasteiger partial charge in [0.15, 0.2) is 6.23 Å². The van der Waals surface area contributed by atoms with Gasteiger partial charge in [-0.3, -0.25) is 4.57 Å². The van der Waals surface area contributed by atoms with Crippen molar-refractivity contribution in [3.05, 3.63) is 22.2 Å². The number of nitrogens with zero attached hydrogens (tertiary/aromatic N) is 2. The molecule has 2 saturated heterocycles. The maximum absolute atomic E-state index is 12.1. The van der Waals surface area contributed by atoms with Gasteiger partial charge in [-0.15, -0.1) is 0 Å². The molecule has 0 aliphatic carbocycles. The molecule has 0 radical (unpaired) electrons. The first kappa shape index (κ1) is 14.8. The molecule has 2 aliphatic heterocycles. The molecule has 3 heterocycles. The number of hydrogen-bond donors (Lipinski definition) is 3. The van der Waals surface area contributed by atoms with Crippen LogP contribution in [0.25, 0.3) is 0 Å². The Morgan fingerprint density at radius 1 is 1.71 bits per heavy atom. The van der Waals surface area contributed by atoms with E-state index in [0.29, 0.717) is 18.6 Å². The molecule has 0 aromatic carbocycles. The summed E-state index contributed by atoms with van der Waals surface area (Å²) in [7, 11) is 0. The Bertz CT molecular complexity index is 609. The van der Waals surface area contributed by atoms with E-state index in [0.717, 1.165) is 0 Å². The number of aryl methyl sites for hydroxylation is 1. The molecule has 21 heavy (non-hydrogen) atoms. The fraction of sp³-hybridized carbons (Fsp3) is 0.667. The fourth-order valence-corrected chi connectivity index (χ4v) is 3.21. The highest BCUT2D eigenvalue weighted by atomic mass is 32.1. The van der Waals surface area contributed by atoms with E-state index in [1.54, 1.807) is 13.1 Å². The molecule has 8 nitrogen and oxygen atoms in total. The third-order valence-corrected chi connectivity index (χ3v) is 4.35. The van der Waals surface area contributed by atoms with Crippen molar-refractivity contribution in [3.63, 3.8) is 0 Å². The highest BCUT2D eigenvalue weighted by Crippen LogP contribution is 2.45.